The highest BCUT2D eigenvalue weighted by molar-refractivity contribution is 6.06. The highest BCUT2D eigenvalue weighted by atomic mass is 19.1. The predicted octanol–water partition coefficient (Wildman–Crippen LogP) is 4.73. The molecule has 1 amide bonds. The van der Waals surface area contributed by atoms with E-state index in [4.69, 9.17) is 0 Å². The molecule has 0 aliphatic rings. The first-order valence-electron chi connectivity index (χ1n) is 7.88. The highest BCUT2D eigenvalue weighted by Crippen LogP contribution is 2.24. The van der Waals surface area contributed by atoms with Gasteiger partial charge in [-0.05, 0) is 35.8 Å². The quantitative estimate of drug-likeness (QED) is 0.699. The number of nitrogens with one attached hydrogen (secondary N) is 1. The molecular formula is C20H16F2N2O. The number of pyridine rings is 1. The average Bonchev–Trinajstić information content (AvgIpc) is 2.61. The summed E-state index contributed by atoms with van der Waals surface area (Å²) in [5, 5.41) is 2.85. The van der Waals surface area contributed by atoms with E-state index in [1.807, 2.05) is 24.3 Å². The van der Waals surface area contributed by atoms with Gasteiger partial charge >= 0.3 is 0 Å². The average molecular weight is 338 g/mol. The number of aromatic nitrogens is 1. The number of halogens is 2. The van der Waals surface area contributed by atoms with Gasteiger partial charge in [0.15, 0.2) is 5.82 Å². The number of anilines is 1. The number of carbonyl (C=O) groups excluding carboxylic acids is 1. The van der Waals surface area contributed by atoms with Crippen LogP contribution in [0.5, 0.6) is 0 Å². The van der Waals surface area contributed by atoms with Gasteiger partial charge in [-0.1, -0.05) is 31.2 Å². The zero-order chi connectivity index (χ0) is 17.8. The van der Waals surface area contributed by atoms with Crippen LogP contribution in [0.25, 0.3) is 17.0 Å². The molecule has 0 bridgehead atoms. The summed E-state index contributed by atoms with van der Waals surface area (Å²) in [6.07, 6.45) is 5.38. The second-order valence-corrected chi connectivity index (χ2v) is 5.56. The Balaban J connectivity index is 1.81. The summed E-state index contributed by atoms with van der Waals surface area (Å²) in [6, 6.07) is 11.3. The Morgan fingerprint density at radius 1 is 1.16 bits per heavy atom. The van der Waals surface area contributed by atoms with Crippen LogP contribution in [0.3, 0.4) is 0 Å². The number of fused-ring (bicyclic) bond motifs is 1. The van der Waals surface area contributed by atoms with Gasteiger partial charge in [-0.2, -0.15) is 0 Å². The van der Waals surface area contributed by atoms with Crippen LogP contribution in [0, 0.1) is 11.6 Å². The minimum atomic E-state index is -0.766. The SMILES string of the molecule is CCc1ccc(/C=C/C(=O)Nc2ccnc3c(F)cc(F)cc23)cc1. The minimum absolute atomic E-state index is 0.0123. The van der Waals surface area contributed by atoms with Crippen molar-refractivity contribution in [3.8, 4) is 0 Å². The summed E-state index contributed by atoms with van der Waals surface area (Å²) in [5.74, 6) is -1.88. The molecule has 126 valence electrons. The maximum Gasteiger partial charge on any atom is 0.248 e. The van der Waals surface area contributed by atoms with E-state index in [1.54, 1.807) is 6.08 Å². The van der Waals surface area contributed by atoms with Crippen molar-refractivity contribution < 1.29 is 13.6 Å². The summed E-state index contributed by atoms with van der Waals surface area (Å²) in [4.78, 5) is 16.0. The third-order valence-electron chi connectivity index (χ3n) is 3.84. The highest BCUT2D eigenvalue weighted by Gasteiger charge is 2.10. The van der Waals surface area contributed by atoms with Crippen molar-refractivity contribution in [2.24, 2.45) is 0 Å². The van der Waals surface area contributed by atoms with Gasteiger partial charge in [-0.25, -0.2) is 8.78 Å². The Labute approximate surface area is 144 Å². The third kappa shape index (κ3) is 3.88. The van der Waals surface area contributed by atoms with Gasteiger partial charge in [-0.3, -0.25) is 9.78 Å². The zero-order valence-electron chi connectivity index (χ0n) is 13.6. The van der Waals surface area contributed by atoms with Gasteiger partial charge in [0, 0.05) is 23.7 Å². The van der Waals surface area contributed by atoms with E-state index >= 15 is 0 Å². The van der Waals surface area contributed by atoms with Crippen molar-refractivity contribution >= 4 is 28.6 Å². The summed E-state index contributed by atoms with van der Waals surface area (Å²) < 4.78 is 27.2. The van der Waals surface area contributed by atoms with Crippen molar-refractivity contribution in [1.29, 1.82) is 0 Å². The van der Waals surface area contributed by atoms with Crippen LogP contribution >= 0.6 is 0 Å². The van der Waals surface area contributed by atoms with E-state index in [-0.39, 0.29) is 10.9 Å². The molecule has 3 aromatic rings. The summed E-state index contributed by atoms with van der Waals surface area (Å²) in [6.45, 7) is 2.07. The molecule has 0 aliphatic carbocycles. The molecule has 5 heteroatoms. The van der Waals surface area contributed by atoms with E-state index < -0.39 is 17.5 Å². The van der Waals surface area contributed by atoms with Gasteiger partial charge in [-0.15, -0.1) is 0 Å². The van der Waals surface area contributed by atoms with Gasteiger partial charge in [0.05, 0.1) is 5.69 Å². The Kier molecular flexibility index (Phi) is 4.84. The lowest BCUT2D eigenvalue weighted by Gasteiger charge is -2.07. The lowest BCUT2D eigenvalue weighted by molar-refractivity contribution is -0.111. The maximum atomic E-state index is 13.8. The molecule has 0 atom stereocenters. The van der Waals surface area contributed by atoms with E-state index in [1.165, 1.54) is 23.9 Å². The summed E-state index contributed by atoms with van der Waals surface area (Å²) in [7, 11) is 0. The first-order chi connectivity index (χ1) is 12.1. The van der Waals surface area contributed by atoms with Crippen molar-refractivity contribution in [2.45, 2.75) is 13.3 Å². The topological polar surface area (TPSA) is 42.0 Å². The minimum Gasteiger partial charge on any atom is -0.322 e. The van der Waals surface area contributed by atoms with E-state index in [9.17, 15) is 13.6 Å². The molecule has 1 aromatic heterocycles. The molecule has 0 spiro atoms. The number of hydrogen-bond donors (Lipinski definition) is 1. The molecule has 0 fully saturated rings. The number of aryl methyl sites for hydroxylation is 1. The molecule has 3 rings (SSSR count). The second-order valence-electron chi connectivity index (χ2n) is 5.56. The van der Waals surface area contributed by atoms with Gasteiger partial charge < -0.3 is 5.32 Å². The molecule has 0 saturated heterocycles. The van der Waals surface area contributed by atoms with E-state index in [0.29, 0.717) is 5.69 Å². The van der Waals surface area contributed by atoms with Crippen molar-refractivity contribution in [2.75, 3.05) is 5.32 Å². The Morgan fingerprint density at radius 2 is 1.92 bits per heavy atom. The molecule has 0 aliphatic heterocycles. The number of nitrogens with zero attached hydrogens (tertiary/aromatic N) is 1. The molecule has 2 aromatic carbocycles. The number of amides is 1. The molecule has 0 radical (unpaired) electrons. The molecule has 25 heavy (non-hydrogen) atoms. The lowest BCUT2D eigenvalue weighted by Crippen LogP contribution is -2.08. The van der Waals surface area contributed by atoms with Crippen LogP contribution in [0.15, 0.2) is 54.7 Å². The number of benzene rings is 2. The van der Waals surface area contributed by atoms with Gasteiger partial charge in [0.25, 0.3) is 0 Å². The fraction of sp³-hybridized carbons (Fsp3) is 0.100. The lowest BCUT2D eigenvalue weighted by atomic mass is 10.1. The summed E-state index contributed by atoms with van der Waals surface area (Å²) in [5.41, 5.74) is 2.43. The third-order valence-corrected chi connectivity index (χ3v) is 3.84. The van der Waals surface area contributed by atoms with Gasteiger partial charge in [0.2, 0.25) is 5.91 Å². The first kappa shape index (κ1) is 16.8. The molecule has 1 heterocycles. The fourth-order valence-corrected chi connectivity index (χ4v) is 2.50. The Morgan fingerprint density at radius 3 is 2.64 bits per heavy atom. The monoisotopic (exact) mass is 338 g/mol. The molecule has 1 N–H and O–H groups in total. The first-order valence-corrected chi connectivity index (χ1v) is 7.88. The normalized spacial score (nSPS) is 11.2. The molecule has 0 unspecified atom stereocenters. The zero-order valence-corrected chi connectivity index (χ0v) is 13.6. The van der Waals surface area contributed by atoms with Crippen molar-refractivity contribution in [1.82, 2.24) is 4.98 Å². The van der Waals surface area contributed by atoms with Crippen LogP contribution < -0.4 is 5.32 Å². The second kappa shape index (κ2) is 7.21. The predicted molar refractivity (Wildman–Crippen MR) is 95.1 cm³/mol. The largest absolute Gasteiger partial charge is 0.322 e. The fourth-order valence-electron chi connectivity index (χ4n) is 2.50. The molecule has 3 nitrogen and oxygen atoms in total. The standard InChI is InChI=1S/C20H16F2N2O/c1-2-13-3-5-14(6-4-13)7-8-19(25)24-18-9-10-23-20-16(18)11-15(21)12-17(20)22/h3-12H,2H2,1H3,(H,23,24,25)/b8-7+. The number of hydrogen-bond acceptors (Lipinski definition) is 2. The van der Waals surface area contributed by atoms with E-state index in [2.05, 4.69) is 17.2 Å². The number of carbonyl (C=O) groups is 1. The van der Waals surface area contributed by atoms with Crippen molar-refractivity contribution in [3.05, 3.63) is 77.5 Å². The van der Waals surface area contributed by atoms with Crippen LogP contribution in [-0.2, 0) is 11.2 Å². The maximum absolute atomic E-state index is 13.8. The van der Waals surface area contributed by atoms with Crippen molar-refractivity contribution in [3.63, 3.8) is 0 Å². The Hall–Kier alpha value is -3.08. The summed E-state index contributed by atoms with van der Waals surface area (Å²) >= 11 is 0. The molecule has 0 saturated carbocycles. The van der Waals surface area contributed by atoms with Crippen LogP contribution in [0.2, 0.25) is 0 Å². The Bertz CT molecular complexity index is 950. The molecular weight excluding hydrogens is 322 g/mol. The van der Waals surface area contributed by atoms with Crippen LogP contribution in [0.4, 0.5) is 14.5 Å². The smallest absolute Gasteiger partial charge is 0.248 e. The van der Waals surface area contributed by atoms with Crippen LogP contribution in [-0.4, -0.2) is 10.9 Å². The van der Waals surface area contributed by atoms with E-state index in [0.717, 1.165) is 24.1 Å². The van der Waals surface area contributed by atoms with Gasteiger partial charge in [0.1, 0.15) is 11.3 Å². The number of rotatable bonds is 4. The van der Waals surface area contributed by atoms with Crippen LogP contribution in [0.1, 0.15) is 18.1 Å².